The molecule has 1 saturated carbocycles. The van der Waals surface area contributed by atoms with Gasteiger partial charge in [-0.25, -0.2) is 9.59 Å². The van der Waals surface area contributed by atoms with Gasteiger partial charge in [0.2, 0.25) is 11.8 Å². The number of benzene rings is 2. The molecule has 286 valence electrons. The van der Waals surface area contributed by atoms with Crippen LogP contribution in [-0.4, -0.2) is 66.4 Å². The van der Waals surface area contributed by atoms with Crippen LogP contribution in [0.15, 0.2) is 54.7 Å². The molecule has 2 aliphatic rings. The maximum atomic E-state index is 14.0. The van der Waals surface area contributed by atoms with Crippen molar-refractivity contribution in [3.63, 3.8) is 0 Å². The van der Waals surface area contributed by atoms with E-state index in [9.17, 15) is 19.2 Å². The number of aromatic amines is 1. The predicted octanol–water partition coefficient (Wildman–Crippen LogP) is 7.42. The van der Waals surface area contributed by atoms with Gasteiger partial charge in [0, 0.05) is 53.5 Å². The summed E-state index contributed by atoms with van der Waals surface area (Å²) in [4.78, 5) is 56.3. The lowest BCUT2D eigenvalue weighted by Gasteiger charge is -2.28. The van der Waals surface area contributed by atoms with Gasteiger partial charge in [0.05, 0.1) is 6.61 Å². The summed E-state index contributed by atoms with van der Waals surface area (Å²) in [5, 5.41) is 16.0. The number of anilines is 2. The molecule has 1 aliphatic heterocycles. The Balaban J connectivity index is 1.23. The topological polar surface area (TPSA) is 163 Å². The van der Waals surface area contributed by atoms with E-state index >= 15 is 0 Å². The van der Waals surface area contributed by atoms with E-state index in [0.717, 1.165) is 65.4 Å². The third-order valence-electron chi connectivity index (χ3n) is 9.82. The lowest BCUT2D eigenvalue weighted by molar-refractivity contribution is -0.128. The molecule has 4 amide bonds. The van der Waals surface area contributed by atoms with E-state index in [0.29, 0.717) is 50.9 Å². The lowest BCUT2D eigenvalue weighted by atomic mass is 9.84. The molecule has 6 N–H and O–H groups in total. The highest BCUT2D eigenvalue weighted by Crippen LogP contribution is 2.30. The molecule has 2 aromatic carbocycles. The van der Waals surface area contributed by atoms with Crippen LogP contribution in [0.25, 0.3) is 16.5 Å². The third-order valence-corrected chi connectivity index (χ3v) is 9.82. The monoisotopic (exact) mass is 728 g/mol. The Morgan fingerprint density at radius 1 is 0.925 bits per heavy atom. The van der Waals surface area contributed by atoms with Gasteiger partial charge in [0.1, 0.15) is 17.7 Å². The SMILES string of the molecule is CC1=CCNc2cc(NC(=O)C(CCCCNC(=O)OC(C)(C)C)NC(=O)C(CC3CCCCC3)NC(=O)OCCc3c[nH]c4ccccc34)ccc21. The fourth-order valence-electron chi connectivity index (χ4n) is 7.05. The number of carbonyl (C=O) groups excluding carboxylic acids is 4. The molecule has 0 radical (unpaired) electrons. The van der Waals surface area contributed by atoms with Gasteiger partial charge >= 0.3 is 12.2 Å². The van der Waals surface area contributed by atoms with Crippen molar-refractivity contribution in [2.45, 2.75) is 110 Å². The number of amides is 4. The van der Waals surface area contributed by atoms with Gasteiger partial charge in [0.25, 0.3) is 0 Å². The number of H-pyrrole nitrogens is 1. The van der Waals surface area contributed by atoms with Crippen LogP contribution >= 0.6 is 0 Å². The number of aromatic nitrogens is 1. The van der Waals surface area contributed by atoms with Gasteiger partial charge in [-0.05, 0) is 88.6 Å². The van der Waals surface area contributed by atoms with Gasteiger partial charge in [-0.15, -0.1) is 0 Å². The van der Waals surface area contributed by atoms with Crippen molar-refractivity contribution in [1.82, 2.24) is 20.9 Å². The Bertz CT molecular complexity index is 1750. The molecule has 12 nitrogen and oxygen atoms in total. The van der Waals surface area contributed by atoms with E-state index in [-0.39, 0.29) is 18.4 Å². The molecule has 0 bridgehead atoms. The van der Waals surface area contributed by atoms with Crippen LogP contribution in [0.5, 0.6) is 0 Å². The summed E-state index contributed by atoms with van der Waals surface area (Å²) in [7, 11) is 0. The third kappa shape index (κ3) is 12.0. The second-order valence-electron chi connectivity index (χ2n) is 15.2. The minimum Gasteiger partial charge on any atom is -0.449 e. The van der Waals surface area contributed by atoms with E-state index < -0.39 is 35.8 Å². The smallest absolute Gasteiger partial charge is 0.407 e. The molecular weight excluding hydrogens is 672 g/mol. The van der Waals surface area contributed by atoms with Crippen molar-refractivity contribution in [3.8, 4) is 0 Å². The number of nitrogens with one attached hydrogen (secondary N) is 6. The zero-order valence-corrected chi connectivity index (χ0v) is 31.6. The molecule has 53 heavy (non-hydrogen) atoms. The largest absolute Gasteiger partial charge is 0.449 e. The molecular formula is C41H56N6O6. The first-order valence-electron chi connectivity index (χ1n) is 19.1. The first-order valence-corrected chi connectivity index (χ1v) is 19.1. The first kappa shape index (κ1) is 39.2. The van der Waals surface area contributed by atoms with Crippen LogP contribution in [-0.2, 0) is 25.5 Å². The highest BCUT2D eigenvalue weighted by molar-refractivity contribution is 5.99. The highest BCUT2D eigenvalue weighted by Gasteiger charge is 2.30. The molecule has 3 aromatic rings. The lowest BCUT2D eigenvalue weighted by Crippen LogP contribution is -2.53. The molecule has 2 unspecified atom stereocenters. The fourth-order valence-corrected chi connectivity index (χ4v) is 7.05. The minimum absolute atomic E-state index is 0.152. The van der Waals surface area contributed by atoms with Gasteiger partial charge in [-0.3, -0.25) is 9.59 Å². The van der Waals surface area contributed by atoms with E-state index in [1.807, 2.05) is 48.7 Å². The number of fused-ring (bicyclic) bond motifs is 2. The average Bonchev–Trinajstić information content (AvgIpc) is 3.53. The summed E-state index contributed by atoms with van der Waals surface area (Å²) < 4.78 is 10.9. The summed E-state index contributed by atoms with van der Waals surface area (Å²) in [5.41, 5.74) is 5.22. The summed E-state index contributed by atoms with van der Waals surface area (Å²) in [5.74, 6) is -0.513. The van der Waals surface area contributed by atoms with E-state index in [1.54, 1.807) is 20.8 Å². The van der Waals surface area contributed by atoms with Gasteiger partial charge in [-0.1, -0.05) is 62.4 Å². The quantitative estimate of drug-likeness (QED) is 0.0888. The Kier molecular flexibility index (Phi) is 13.8. The second kappa shape index (κ2) is 18.7. The zero-order valence-electron chi connectivity index (χ0n) is 31.6. The van der Waals surface area contributed by atoms with Gasteiger partial charge in [-0.2, -0.15) is 0 Å². The fraction of sp³-hybridized carbons (Fsp3) is 0.512. The van der Waals surface area contributed by atoms with Crippen molar-refractivity contribution in [2.24, 2.45) is 5.92 Å². The maximum Gasteiger partial charge on any atom is 0.407 e. The minimum atomic E-state index is -0.886. The number of carbonyl (C=O) groups is 4. The number of allylic oxidation sites excluding steroid dienone is 1. The summed E-state index contributed by atoms with van der Waals surface area (Å²) in [6.07, 6.45) is 10.6. The van der Waals surface area contributed by atoms with Crippen LogP contribution in [0.1, 0.15) is 96.6 Å². The maximum absolute atomic E-state index is 14.0. The van der Waals surface area contributed by atoms with E-state index in [4.69, 9.17) is 9.47 Å². The summed E-state index contributed by atoms with van der Waals surface area (Å²) in [6.45, 7) is 8.67. The zero-order chi connectivity index (χ0) is 37.8. The number of hydrogen-bond acceptors (Lipinski definition) is 7. The summed E-state index contributed by atoms with van der Waals surface area (Å²) in [6, 6.07) is 11.9. The molecule has 2 atom stereocenters. The van der Waals surface area contributed by atoms with Crippen molar-refractivity contribution >= 4 is 51.9 Å². The number of ether oxygens (including phenoxy) is 2. The Morgan fingerprint density at radius 3 is 2.51 bits per heavy atom. The predicted molar refractivity (Wildman–Crippen MR) is 209 cm³/mol. The van der Waals surface area contributed by atoms with E-state index in [1.165, 1.54) is 0 Å². The Morgan fingerprint density at radius 2 is 1.72 bits per heavy atom. The molecule has 0 spiro atoms. The number of rotatable bonds is 15. The Labute approximate surface area is 312 Å². The molecule has 12 heteroatoms. The van der Waals surface area contributed by atoms with Crippen molar-refractivity contribution < 1.29 is 28.7 Å². The molecule has 2 heterocycles. The van der Waals surface area contributed by atoms with Gasteiger partial charge < -0.3 is 41.0 Å². The van der Waals surface area contributed by atoms with Crippen LogP contribution in [0.4, 0.5) is 21.0 Å². The van der Waals surface area contributed by atoms with E-state index in [2.05, 4.69) is 44.6 Å². The molecule has 1 fully saturated rings. The van der Waals surface area contributed by atoms with Gasteiger partial charge in [0.15, 0.2) is 0 Å². The molecule has 5 rings (SSSR count). The average molecular weight is 729 g/mol. The normalized spacial score (nSPS) is 15.6. The molecule has 1 aliphatic carbocycles. The van der Waals surface area contributed by atoms with Crippen LogP contribution in [0.2, 0.25) is 0 Å². The molecule has 0 saturated heterocycles. The second-order valence-corrected chi connectivity index (χ2v) is 15.2. The Hall–Kier alpha value is -5.00. The number of alkyl carbamates (subject to hydrolysis) is 2. The first-order chi connectivity index (χ1) is 25.4. The highest BCUT2D eigenvalue weighted by atomic mass is 16.6. The molecule has 1 aromatic heterocycles. The van der Waals surface area contributed by atoms with Crippen LogP contribution in [0, 0.1) is 5.92 Å². The van der Waals surface area contributed by atoms with Crippen LogP contribution in [0.3, 0.4) is 0 Å². The van der Waals surface area contributed by atoms with Crippen molar-refractivity contribution in [2.75, 3.05) is 30.3 Å². The number of para-hydroxylation sites is 1. The standard InChI is InChI=1S/C41H56N6O6/c1-27-19-22-42-35-25-30(17-18-31(27)35)45-37(48)34(16-10-11-21-43-39(50)53-41(2,3)4)46-38(49)36(24-28-12-6-5-7-13-28)47-40(51)52-23-20-29-26-44-33-15-9-8-14-32(29)33/h8-9,14-15,17-19,25-26,28,34,36,42,44H,5-7,10-13,16,20-24H2,1-4H3,(H,43,50)(H,45,48)(H,46,49)(H,47,51). The van der Waals surface area contributed by atoms with Crippen molar-refractivity contribution in [3.05, 3.63) is 65.9 Å². The number of hydrogen-bond donors (Lipinski definition) is 6. The summed E-state index contributed by atoms with van der Waals surface area (Å²) >= 11 is 0. The van der Waals surface area contributed by atoms with Crippen LogP contribution < -0.4 is 26.6 Å². The van der Waals surface area contributed by atoms with Crippen molar-refractivity contribution in [1.29, 1.82) is 0 Å². The number of unbranched alkanes of at least 4 members (excludes halogenated alkanes) is 1.